The van der Waals surface area contributed by atoms with Gasteiger partial charge in [-0.3, -0.25) is 4.79 Å². The predicted molar refractivity (Wildman–Crippen MR) is 61.3 cm³/mol. The number of amides is 1. The second kappa shape index (κ2) is 4.38. The molecule has 1 N–H and O–H groups in total. The van der Waals surface area contributed by atoms with E-state index in [0.29, 0.717) is 17.8 Å². The highest BCUT2D eigenvalue weighted by molar-refractivity contribution is 5.76. The third-order valence-corrected chi connectivity index (χ3v) is 3.57. The first kappa shape index (κ1) is 10.7. The summed E-state index contributed by atoms with van der Waals surface area (Å²) >= 11 is 0. The fourth-order valence-corrected chi connectivity index (χ4v) is 2.76. The molecule has 0 aromatic rings. The van der Waals surface area contributed by atoms with Crippen molar-refractivity contribution in [2.75, 3.05) is 6.54 Å². The summed E-state index contributed by atoms with van der Waals surface area (Å²) in [5.41, 5.74) is 0. The zero-order chi connectivity index (χ0) is 10.8. The topological polar surface area (TPSA) is 29.1 Å². The van der Waals surface area contributed by atoms with Crippen LogP contribution >= 0.6 is 0 Å². The van der Waals surface area contributed by atoms with Gasteiger partial charge in [-0.25, -0.2) is 0 Å². The molecule has 1 saturated carbocycles. The maximum Gasteiger partial charge on any atom is 0.220 e. The van der Waals surface area contributed by atoms with E-state index in [0.717, 1.165) is 18.9 Å². The summed E-state index contributed by atoms with van der Waals surface area (Å²) in [5.74, 6) is 2.88. The normalized spacial score (nSPS) is 32.6. The van der Waals surface area contributed by atoms with E-state index in [9.17, 15) is 4.79 Å². The minimum atomic E-state index is 0.245. The Morgan fingerprint density at radius 1 is 1.40 bits per heavy atom. The SMILES string of the molecule is CC(C)CNC(=O)CC1CC2C=CC1C2. The second-order valence-corrected chi connectivity index (χ2v) is 5.44. The lowest BCUT2D eigenvalue weighted by Gasteiger charge is -2.17. The molecule has 2 rings (SSSR count). The third-order valence-electron chi connectivity index (χ3n) is 3.57. The Labute approximate surface area is 92.1 Å². The zero-order valence-corrected chi connectivity index (χ0v) is 9.70. The van der Waals surface area contributed by atoms with Crippen molar-refractivity contribution in [1.82, 2.24) is 5.32 Å². The van der Waals surface area contributed by atoms with Crippen LogP contribution in [0.15, 0.2) is 12.2 Å². The number of allylic oxidation sites excluding steroid dienone is 2. The molecule has 0 aromatic carbocycles. The molecule has 0 aromatic heterocycles. The molecule has 2 bridgehead atoms. The van der Waals surface area contributed by atoms with Gasteiger partial charge in [0.1, 0.15) is 0 Å². The first-order chi connectivity index (χ1) is 7.15. The molecule has 0 radical (unpaired) electrons. The van der Waals surface area contributed by atoms with Crippen molar-refractivity contribution < 1.29 is 4.79 Å². The number of fused-ring (bicyclic) bond motifs is 2. The van der Waals surface area contributed by atoms with Crippen LogP contribution in [0.1, 0.15) is 33.1 Å². The smallest absolute Gasteiger partial charge is 0.220 e. The minimum Gasteiger partial charge on any atom is -0.356 e. The van der Waals surface area contributed by atoms with Crippen LogP contribution < -0.4 is 5.32 Å². The fraction of sp³-hybridized carbons (Fsp3) is 0.769. The molecule has 2 aliphatic rings. The summed E-state index contributed by atoms with van der Waals surface area (Å²) in [6, 6.07) is 0. The molecule has 1 fully saturated rings. The van der Waals surface area contributed by atoms with Crippen LogP contribution in [0.4, 0.5) is 0 Å². The number of carbonyl (C=O) groups excluding carboxylic acids is 1. The van der Waals surface area contributed by atoms with Crippen LogP contribution in [0.2, 0.25) is 0 Å². The Morgan fingerprint density at radius 2 is 2.20 bits per heavy atom. The molecule has 15 heavy (non-hydrogen) atoms. The summed E-state index contributed by atoms with van der Waals surface area (Å²) in [6.45, 7) is 5.07. The molecule has 3 unspecified atom stereocenters. The van der Waals surface area contributed by atoms with Crippen molar-refractivity contribution in [2.45, 2.75) is 33.1 Å². The standard InChI is InChI=1S/C13H21NO/c1-9(2)8-14-13(15)7-12-6-10-3-4-11(12)5-10/h3-4,9-12H,5-8H2,1-2H3,(H,14,15). The monoisotopic (exact) mass is 207 g/mol. The van der Waals surface area contributed by atoms with E-state index in [1.54, 1.807) is 0 Å². The van der Waals surface area contributed by atoms with E-state index in [1.165, 1.54) is 12.8 Å². The molecule has 0 saturated heterocycles. The van der Waals surface area contributed by atoms with Crippen molar-refractivity contribution in [1.29, 1.82) is 0 Å². The molecule has 0 aliphatic heterocycles. The van der Waals surface area contributed by atoms with Crippen molar-refractivity contribution in [2.24, 2.45) is 23.7 Å². The summed E-state index contributed by atoms with van der Waals surface area (Å²) in [6.07, 6.45) is 7.90. The summed E-state index contributed by atoms with van der Waals surface area (Å²) < 4.78 is 0. The molecule has 0 spiro atoms. The van der Waals surface area contributed by atoms with Gasteiger partial charge in [0, 0.05) is 13.0 Å². The summed E-state index contributed by atoms with van der Waals surface area (Å²) in [4.78, 5) is 11.6. The van der Waals surface area contributed by atoms with Crippen molar-refractivity contribution in [3.63, 3.8) is 0 Å². The Morgan fingerprint density at radius 3 is 2.73 bits per heavy atom. The quantitative estimate of drug-likeness (QED) is 0.704. The second-order valence-electron chi connectivity index (χ2n) is 5.44. The van der Waals surface area contributed by atoms with Crippen LogP contribution in [-0.4, -0.2) is 12.5 Å². The van der Waals surface area contributed by atoms with Crippen molar-refractivity contribution in [3.05, 3.63) is 12.2 Å². The number of hydrogen-bond acceptors (Lipinski definition) is 1. The Kier molecular flexibility index (Phi) is 3.13. The van der Waals surface area contributed by atoms with Gasteiger partial charge in [0.05, 0.1) is 0 Å². The lowest BCUT2D eigenvalue weighted by Crippen LogP contribution is -2.29. The minimum absolute atomic E-state index is 0.245. The highest BCUT2D eigenvalue weighted by Gasteiger charge is 2.36. The molecule has 2 nitrogen and oxygen atoms in total. The van der Waals surface area contributed by atoms with E-state index in [2.05, 4.69) is 31.3 Å². The van der Waals surface area contributed by atoms with Gasteiger partial charge in [0.25, 0.3) is 0 Å². The van der Waals surface area contributed by atoms with Crippen LogP contribution in [0, 0.1) is 23.7 Å². The predicted octanol–water partition coefficient (Wildman–Crippen LogP) is 2.36. The summed E-state index contributed by atoms with van der Waals surface area (Å²) in [5, 5.41) is 3.01. The van der Waals surface area contributed by atoms with Gasteiger partial charge in [-0.05, 0) is 36.5 Å². The molecule has 1 amide bonds. The summed E-state index contributed by atoms with van der Waals surface area (Å²) in [7, 11) is 0. The lowest BCUT2D eigenvalue weighted by molar-refractivity contribution is -0.122. The Balaban J connectivity index is 1.73. The van der Waals surface area contributed by atoms with Crippen LogP contribution in [0.25, 0.3) is 0 Å². The van der Waals surface area contributed by atoms with Gasteiger partial charge >= 0.3 is 0 Å². The average Bonchev–Trinajstić information content (AvgIpc) is 2.76. The van der Waals surface area contributed by atoms with Gasteiger partial charge in [-0.1, -0.05) is 26.0 Å². The molecule has 2 aliphatic carbocycles. The first-order valence-electron chi connectivity index (χ1n) is 6.10. The largest absolute Gasteiger partial charge is 0.356 e. The zero-order valence-electron chi connectivity index (χ0n) is 9.70. The molecule has 84 valence electrons. The van der Waals surface area contributed by atoms with Crippen molar-refractivity contribution >= 4 is 5.91 Å². The number of hydrogen-bond donors (Lipinski definition) is 1. The fourth-order valence-electron chi connectivity index (χ4n) is 2.76. The van der Waals surface area contributed by atoms with E-state index in [4.69, 9.17) is 0 Å². The first-order valence-corrected chi connectivity index (χ1v) is 6.10. The number of carbonyl (C=O) groups is 1. The van der Waals surface area contributed by atoms with Gasteiger partial charge in [0.15, 0.2) is 0 Å². The van der Waals surface area contributed by atoms with Crippen LogP contribution in [-0.2, 0) is 4.79 Å². The van der Waals surface area contributed by atoms with Crippen LogP contribution in [0.5, 0.6) is 0 Å². The number of nitrogens with one attached hydrogen (secondary N) is 1. The van der Waals surface area contributed by atoms with Crippen molar-refractivity contribution in [3.8, 4) is 0 Å². The Bertz CT molecular complexity index is 270. The maximum absolute atomic E-state index is 11.6. The molecular weight excluding hydrogens is 186 g/mol. The average molecular weight is 207 g/mol. The molecule has 0 heterocycles. The Hall–Kier alpha value is -0.790. The molecule has 3 atom stereocenters. The maximum atomic E-state index is 11.6. The highest BCUT2D eigenvalue weighted by atomic mass is 16.1. The highest BCUT2D eigenvalue weighted by Crippen LogP contribution is 2.44. The van der Waals surface area contributed by atoms with E-state index >= 15 is 0 Å². The molecular formula is C13H21NO. The van der Waals surface area contributed by atoms with Crippen LogP contribution in [0.3, 0.4) is 0 Å². The van der Waals surface area contributed by atoms with Gasteiger partial charge in [-0.2, -0.15) is 0 Å². The van der Waals surface area contributed by atoms with Gasteiger partial charge in [-0.15, -0.1) is 0 Å². The third kappa shape index (κ3) is 2.61. The van der Waals surface area contributed by atoms with E-state index < -0.39 is 0 Å². The lowest BCUT2D eigenvalue weighted by atomic mass is 9.90. The molecule has 2 heteroatoms. The van der Waals surface area contributed by atoms with Gasteiger partial charge < -0.3 is 5.32 Å². The van der Waals surface area contributed by atoms with Gasteiger partial charge in [0.2, 0.25) is 5.91 Å². The van der Waals surface area contributed by atoms with E-state index in [1.807, 2.05) is 0 Å². The van der Waals surface area contributed by atoms with E-state index in [-0.39, 0.29) is 5.91 Å². The number of rotatable bonds is 4.